The highest BCUT2D eigenvalue weighted by Gasteiger charge is 2.25. The summed E-state index contributed by atoms with van der Waals surface area (Å²) in [5.41, 5.74) is 0.330. The zero-order chi connectivity index (χ0) is 11.5. The zero-order valence-electron chi connectivity index (χ0n) is 9.14. The van der Waals surface area contributed by atoms with Crippen LogP contribution in [-0.2, 0) is 0 Å². The Morgan fingerprint density at radius 1 is 1.75 bits per heavy atom. The largest absolute Gasteiger partial charge is 0.361 e. The number of carbonyl (C=O) groups excluding carboxylic acids is 1. The van der Waals surface area contributed by atoms with Gasteiger partial charge in [0.15, 0.2) is 5.69 Å². The molecular formula is C11H13N3O2. The maximum absolute atomic E-state index is 12.0. The van der Waals surface area contributed by atoms with E-state index in [1.807, 2.05) is 0 Å². The lowest BCUT2D eigenvalue weighted by molar-refractivity contribution is 0.0688. The lowest BCUT2D eigenvalue weighted by Crippen LogP contribution is -2.39. The van der Waals surface area contributed by atoms with Crippen molar-refractivity contribution in [3.63, 3.8) is 0 Å². The second kappa shape index (κ2) is 4.35. The average Bonchev–Trinajstić information content (AvgIpc) is 2.75. The molecule has 0 aliphatic carbocycles. The number of piperidine rings is 1. The molecular weight excluding hydrogens is 206 g/mol. The van der Waals surface area contributed by atoms with Gasteiger partial charge in [0.2, 0.25) is 0 Å². The molecule has 0 spiro atoms. The molecule has 2 rings (SSSR count). The summed E-state index contributed by atoms with van der Waals surface area (Å²) in [5.74, 6) is 0.430. The highest BCUT2D eigenvalue weighted by Crippen LogP contribution is 2.17. The van der Waals surface area contributed by atoms with Crippen LogP contribution in [0.25, 0.3) is 0 Å². The van der Waals surface area contributed by atoms with Crippen molar-refractivity contribution in [3.8, 4) is 6.07 Å². The average molecular weight is 219 g/mol. The van der Waals surface area contributed by atoms with Crippen LogP contribution < -0.4 is 0 Å². The Hall–Kier alpha value is -1.83. The van der Waals surface area contributed by atoms with Crippen molar-refractivity contribution in [1.82, 2.24) is 10.1 Å². The van der Waals surface area contributed by atoms with Gasteiger partial charge in [0.05, 0.1) is 12.0 Å². The van der Waals surface area contributed by atoms with Crippen LogP contribution in [0.15, 0.2) is 10.6 Å². The maximum Gasteiger partial charge on any atom is 0.276 e. The number of aryl methyl sites for hydroxylation is 1. The van der Waals surface area contributed by atoms with E-state index in [9.17, 15) is 4.79 Å². The van der Waals surface area contributed by atoms with Crippen LogP contribution in [0.5, 0.6) is 0 Å². The first-order valence-corrected chi connectivity index (χ1v) is 5.33. The van der Waals surface area contributed by atoms with E-state index in [4.69, 9.17) is 9.78 Å². The Bertz CT molecular complexity index is 433. The van der Waals surface area contributed by atoms with Crippen molar-refractivity contribution >= 4 is 5.91 Å². The van der Waals surface area contributed by atoms with E-state index in [-0.39, 0.29) is 11.8 Å². The van der Waals surface area contributed by atoms with Crippen LogP contribution in [0.4, 0.5) is 0 Å². The summed E-state index contributed by atoms with van der Waals surface area (Å²) in [4.78, 5) is 13.6. The molecule has 84 valence electrons. The molecule has 1 unspecified atom stereocenters. The summed E-state index contributed by atoms with van der Waals surface area (Å²) in [7, 11) is 0. The minimum absolute atomic E-state index is 0.0503. The minimum Gasteiger partial charge on any atom is -0.361 e. The third kappa shape index (κ3) is 2.06. The van der Waals surface area contributed by atoms with Gasteiger partial charge in [-0.1, -0.05) is 5.16 Å². The van der Waals surface area contributed by atoms with Crippen molar-refractivity contribution in [2.24, 2.45) is 5.92 Å². The SMILES string of the molecule is Cc1cc(C(=O)N2CCCC(C#N)C2)no1. The van der Waals surface area contributed by atoms with Gasteiger partial charge in [0.1, 0.15) is 5.76 Å². The maximum atomic E-state index is 12.0. The smallest absolute Gasteiger partial charge is 0.276 e. The topological polar surface area (TPSA) is 70.1 Å². The Balaban J connectivity index is 2.08. The quantitative estimate of drug-likeness (QED) is 0.715. The third-order valence-corrected chi connectivity index (χ3v) is 2.74. The lowest BCUT2D eigenvalue weighted by atomic mass is 9.99. The molecule has 2 heterocycles. The molecule has 1 aliphatic heterocycles. The van der Waals surface area contributed by atoms with Gasteiger partial charge < -0.3 is 9.42 Å². The van der Waals surface area contributed by atoms with E-state index in [1.54, 1.807) is 17.9 Å². The molecule has 1 saturated heterocycles. The Labute approximate surface area is 93.6 Å². The first-order chi connectivity index (χ1) is 7.70. The molecule has 0 radical (unpaired) electrons. The van der Waals surface area contributed by atoms with E-state index < -0.39 is 0 Å². The minimum atomic E-state index is -0.142. The molecule has 1 fully saturated rings. The summed E-state index contributed by atoms with van der Waals surface area (Å²) in [6.07, 6.45) is 1.75. The fraction of sp³-hybridized carbons (Fsp3) is 0.545. The second-order valence-electron chi connectivity index (χ2n) is 4.04. The number of hydrogen-bond donors (Lipinski definition) is 0. The van der Waals surface area contributed by atoms with Crippen molar-refractivity contribution in [2.75, 3.05) is 13.1 Å². The molecule has 16 heavy (non-hydrogen) atoms. The molecule has 0 bridgehead atoms. The summed E-state index contributed by atoms with van der Waals surface area (Å²) in [6, 6.07) is 3.83. The molecule has 5 nitrogen and oxygen atoms in total. The van der Waals surface area contributed by atoms with Crippen LogP contribution in [0.1, 0.15) is 29.1 Å². The van der Waals surface area contributed by atoms with Crippen LogP contribution in [-0.4, -0.2) is 29.1 Å². The van der Waals surface area contributed by atoms with Gasteiger partial charge >= 0.3 is 0 Å². The number of hydrogen-bond acceptors (Lipinski definition) is 4. The van der Waals surface area contributed by atoms with Gasteiger partial charge in [-0.3, -0.25) is 4.79 Å². The van der Waals surface area contributed by atoms with E-state index >= 15 is 0 Å². The van der Waals surface area contributed by atoms with Crippen molar-refractivity contribution < 1.29 is 9.32 Å². The van der Waals surface area contributed by atoms with Gasteiger partial charge in [-0.05, 0) is 19.8 Å². The normalized spacial score (nSPS) is 20.5. The van der Waals surface area contributed by atoms with Crippen molar-refractivity contribution in [3.05, 3.63) is 17.5 Å². The van der Waals surface area contributed by atoms with E-state index in [0.29, 0.717) is 24.5 Å². The van der Waals surface area contributed by atoms with Crippen molar-refractivity contribution in [2.45, 2.75) is 19.8 Å². The molecule has 0 N–H and O–H groups in total. The Morgan fingerprint density at radius 2 is 2.56 bits per heavy atom. The van der Waals surface area contributed by atoms with Gasteiger partial charge in [0.25, 0.3) is 5.91 Å². The highest BCUT2D eigenvalue weighted by atomic mass is 16.5. The highest BCUT2D eigenvalue weighted by molar-refractivity contribution is 5.92. The number of amides is 1. The fourth-order valence-corrected chi connectivity index (χ4v) is 1.90. The molecule has 0 saturated carbocycles. The lowest BCUT2D eigenvalue weighted by Gasteiger charge is -2.28. The van der Waals surface area contributed by atoms with E-state index in [0.717, 1.165) is 12.8 Å². The summed E-state index contributed by atoms with van der Waals surface area (Å²) < 4.78 is 4.87. The molecule has 1 aromatic heterocycles. The number of nitriles is 1. The number of nitrogens with zero attached hydrogens (tertiary/aromatic N) is 3. The molecule has 1 atom stereocenters. The Kier molecular flexibility index (Phi) is 2.91. The van der Waals surface area contributed by atoms with Crippen LogP contribution >= 0.6 is 0 Å². The van der Waals surface area contributed by atoms with Crippen LogP contribution in [0.3, 0.4) is 0 Å². The summed E-state index contributed by atoms with van der Waals surface area (Å²) in [5, 5.41) is 12.5. The molecule has 1 amide bonds. The number of rotatable bonds is 1. The van der Waals surface area contributed by atoms with Crippen molar-refractivity contribution in [1.29, 1.82) is 5.26 Å². The Morgan fingerprint density at radius 3 is 3.19 bits per heavy atom. The van der Waals surface area contributed by atoms with Crippen LogP contribution in [0, 0.1) is 24.2 Å². The predicted octanol–water partition coefficient (Wildman–Crippen LogP) is 1.36. The molecule has 5 heteroatoms. The molecule has 1 aliphatic rings. The molecule has 1 aromatic rings. The fourth-order valence-electron chi connectivity index (χ4n) is 1.90. The standard InChI is InChI=1S/C11H13N3O2/c1-8-5-10(13-16-8)11(15)14-4-2-3-9(6-12)7-14/h5,9H,2-4,7H2,1H3. The number of aromatic nitrogens is 1. The summed E-state index contributed by atoms with van der Waals surface area (Å²) in [6.45, 7) is 2.95. The number of likely N-dealkylation sites (tertiary alicyclic amines) is 1. The monoisotopic (exact) mass is 219 g/mol. The number of carbonyl (C=O) groups is 1. The van der Waals surface area contributed by atoms with Crippen LogP contribution in [0.2, 0.25) is 0 Å². The first kappa shape index (κ1) is 10.7. The molecule has 0 aromatic carbocycles. The third-order valence-electron chi connectivity index (χ3n) is 2.74. The second-order valence-corrected chi connectivity index (χ2v) is 4.04. The van der Waals surface area contributed by atoms with Gasteiger partial charge in [-0.15, -0.1) is 0 Å². The van der Waals surface area contributed by atoms with Gasteiger partial charge in [-0.2, -0.15) is 5.26 Å². The predicted molar refractivity (Wildman–Crippen MR) is 55.5 cm³/mol. The summed E-state index contributed by atoms with van der Waals surface area (Å²) >= 11 is 0. The van der Waals surface area contributed by atoms with E-state index in [2.05, 4.69) is 11.2 Å². The zero-order valence-corrected chi connectivity index (χ0v) is 9.14. The van der Waals surface area contributed by atoms with Gasteiger partial charge in [-0.25, -0.2) is 0 Å². The van der Waals surface area contributed by atoms with E-state index in [1.165, 1.54) is 0 Å². The first-order valence-electron chi connectivity index (χ1n) is 5.33. The van der Waals surface area contributed by atoms with Gasteiger partial charge in [0, 0.05) is 19.2 Å².